The van der Waals surface area contributed by atoms with Crippen molar-refractivity contribution in [1.29, 1.82) is 0 Å². The van der Waals surface area contributed by atoms with E-state index in [-0.39, 0.29) is 11.8 Å². The summed E-state index contributed by atoms with van der Waals surface area (Å²) >= 11 is 12.3. The van der Waals surface area contributed by atoms with Gasteiger partial charge in [0.2, 0.25) is 5.96 Å². The first-order valence-electron chi connectivity index (χ1n) is 8.86. The van der Waals surface area contributed by atoms with Crippen LogP contribution in [-0.4, -0.2) is 26.5 Å². The molecule has 1 aromatic heterocycles. The molecule has 28 heavy (non-hydrogen) atoms. The number of hydrogen-bond donors (Lipinski definition) is 0. The lowest BCUT2D eigenvalue weighted by molar-refractivity contribution is -0.119. The number of fused-ring (bicyclic) bond motifs is 1. The van der Waals surface area contributed by atoms with Gasteiger partial charge in [-0.15, -0.1) is 0 Å². The van der Waals surface area contributed by atoms with Crippen LogP contribution in [0.2, 0.25) is 10.0 Å². The average Bonchev–Trinajstić information content (AvgIpc) is 3.23. The summed E-state index contributed by atoms with van der Waals surface area (Å²) in [6.07, 6.45) is 3.81. The largest absolute Gasteiger partial charge is 0.302 e. The van der Waals surface area contributed by atoms with Crippen LogP contribution in [0.3, 0.4) is 0 Å². The van der Waals surface area contributed by atoms with Crippen molar-refractivity contribution in [2.75, 3.05) is 4.90 Å². The highest BCUT2D eigenvalue weighted by molar-refractivity contribution is 6.31. The first-order valence-corrected chi connectivity index (χ1v) is 9.62. The Labute approximate surface area is 172 Å². The number of Topliss-reactive ketones (excluding diaryl/α,β-unsaturated/α-hetero) is 1. The molecule has 1 aliphatic rings. The van der Waals surface area contributed by atoms with Crippen molar-refractivity contribution in [3.05, 3.63) is 70.7 Å². The fourth-order valence-corrected chi connectivity index (χ4v) is 3.57. The van der Waals surface area contributed by atoms with Crippen LogP contribution in [0.25, 0.3) is 0 Å². The van der Waals surface area contributed by atoms with Crippen LogP contribution in [0.5, 0.6) is 0 Å². The minimum Gasteiger partial charge on any atom is -0.302 e. The second kappa shape index (κ2) is 7.73. The maximum absolute atomic E-state index is 12.4. The van der Waals surface area contributed by atoms with Crippen molar-refractivity contribution in [3.63, 3.8) is 0 Å². The SMILES string of the molecule is CCC(=O)CC1c2cc(Cl)ccc2N=C(n2cncn2)N1c1ccc(Cl)cc1. The molecule has 0 aliphatic carbocycles. The topological polar surface area (TPSA) is 63.4 Å². The molecular weight excluding hydrogens is 397 g/mol. The van der Waals surface area contributed by atoms with Crippen molar-refractivity contribution < 1.29 is 4.79 Å². The third-order valence-electron chi connectivity index (χ3n) is 4.64. The second-order valence-corrected chi connectivity index (χ2v) is 7.29. The van der Waals surface area contributed by atoms with Crippen LogP contribution in [-0.2, 0) is 4.79 Å². The number of benzene rings is 2. The Hall–Kier alpha value is -2.70. The molecule has 0 amide bonds. The molecule has 0 fully saturated rings. The molecule has 142 valence electrons. The predicted molar refractivity (Wildman–Crippen MR) is 111 cm³/mol. The van der Waals surface area contributed by atoms with Crippen molar-refractivity contribution in [2.24, 2.45) is 4.99 Å². The Morgan fingerprint density at radius 3 is 2.54 bits per heavy atom. The molecule has 2 heterocycles. The summed E-state index contributed by atoms with van der Waals surface area (Å²) in [5.41, 5.74) is 2.50. The summed E-state index contributed by atoms with van der Waals surface area (Å²) in [6.45, 7) is 1.86. The number of carbonyl (C=O) groups excluding carboxylic acids is 1. The van der Waals surface area contributed by atoms with Crippen molar-refractivity contribution >= 4 is 46.3 Å². The molecule has 0 spiro atoms. The fourth-order valence-electron chi connectivity index (χ4n) is 3.27. The molecule has 0 bridgehead atoms. The number of halogens is 2. The lowest BCUT2D eigenvalue weighted by Gasteiger charge is -2.37. The average molecular weight is 414 g/mol. The molecule has 0 saturated heterocycles. The second-order valence-electron chi connectivity index (χ2n) is 6.41. The molecular formula is C20H17Cl2N5O. The number of rotatable bonds is 4. The Bertz CT molecular complexity index is 1030. The van der Waals surface area contributed by atoms with Gasteiger partial charge in [-0.25, -0.2) is 9.98 Å². The van der Waals surface area contributed by atoms with Crippen LogP contribution in [0.15, 0.2) is 60.1 Å². The molecule has 0 saturated carbocycles. The van der Waals surface area contributed by atoms with E-state index in [1.54, 1.807) is 17.1 Å². The zero-order valence-corrected chi connectivity index (χ0v) is 16.6. The lowest BCUT2D eigenvalue weighted by atomic mass is 9.95. The van der Waals surface area contributed by atoms with Crippen LogP contribution in [0.1, 0.15) is 31.4 Å². The zero-order chi connectivity index (χ0) is 19.7. The van der Waals surface area contributed by atoms with Gasteiger partial charge in [-0.1, -0.05) is 30.1 Å². The molecule has 0 N–H and O–H groups in total. The quantitative estimate of drug-likeness (QED) is 0.599. The van der Waals surface area contributed by atoms with Gasteiger partial charge in [0, 0.05) is 34.1 Å². The molecule has 2 aromatic carbocycles. The number of carbonyl (C=O) groups is 1. The highest BCUT2D eigenvalue weighted by Crippen LogP contribution is 2.41. The standard InChI is InChI=1S/C20H17Cl2N5O/c1-2-16(28)10-19-17-9-14(22)5-8-18(17)25-20(26-12-23-11-24-26)27(19)15-6-3-13(21)4-7-15/h3-9,11-12,19H,2,10H2,1H3. The number of hydrogen-bond acceptors (Lipinski definition) is 5. The maximum Gasteiger partial charge on any atom is 0.233 e. The van der Waals surface area contributed by atoms with E-state index in [1.165, 1.54) is 6.33 Å². The Morgan fingerprint density at radius 1 is 1.11 bits per heavy atom. The number of aliphatic imine (C=N–C) groups is 1. The lowest BCUT2D eigenvalue weighted by Crippen LogP contribution is -2.42. The number of ketones is 1. The van der Waals surface area contributed by atoms with Gasteiger partial charge in [-0.05, 0) is 42.5 Å². The number of nitrogens with zero attached hydrogens (tertiary/aromatic N) is 5. The van der Waals surface area contributed by atoms with Gasteiger partial charge in [-0.2, -0.15) is 9.78 Å². The number of aromatic nitrogens is 3. The van der Waals surface area contributed by atoms with E-state index in [4.69, 9.17) is 28.2 Å². The van der Waals surface area contributed by atoms with Crippen LogP contribution in [0, 0.1) is 0 Å². The third kappa shape index (κ3) is 3.53. The Kier molecular flexibility index (Phi) is 5.15. The van der Waals surface area contributed by atoms with Crippen LogP contribution in [0.4, 0.5) is 11.4 Å². The van der Waals surface area contributed by atoms with E-state index < -0.39 is 0 Å². The molecule has 6 nitrogen and oxygen atoms in total. The molecule has 3 aromatic rings. The van der Waals surface area contributed by atoms with Crippen LogP contribution < -0.4 is 4.90 Å². The van der Waals surface area contributed by atoms with E-state index in [2.05, 4.69) is 10.1 Å². The summed E-state index contributed by atoms with van der Waals surface area (Å²) in [7, 11) is 0. The van der Waals surface area contributed by atoms with E-state index in [9.17, 15) is 4.79 Å². The zero-order valence-electron chi connectivity index (χ0n) is 15.1. The monoisotopic (exact) mass is 413 g/mol. The third-order valence-corrected chi connectivity index (χ3v) is 5.13. The molecule has 1 aliphatic heterocycles. The summed E-state index contributed by atoms with van der Waals surface area (Å²) in [4.78, 5) is 23.3. The summed E-state index contributed by atoms with van der Waals surface area (Å²) in [5, 5.41) is 5.48. The van der Waals surface area contributed by atoms with Gasteiger partial charge in [0.15, 0.2) is 0 Å². The highest BCUT2D eigenvalue weighted by atomic mass is 35.5. The molecule has 4 rings (SSSR count). The first-order chi connectivity index (χ1) is 13.6. The molecule has 8 heteroatoms. The summed E-state index contributed by atoms with van der Waals surface area (Å²) < 4.78 is 1.59. The predicted octanol–water partition coefficient (Wildman–Crippen LogP) is 5.05. The first kappa shape index (κ1) is 18.7. The van der Waals surface area contributed by atoms with Gasteiger partial charge in [-0.3, -0.25) is 4.79 Å². The highest BCUT2D eigenvalue weighted by Gasteiger charge is 2.34. The van der Waals surface area contributed by atoms with Crippen molar-refractivity contribution in [1.82, 2.24) is 14.8 Å². The number of anilines is 1. The summed E-state index contributed by atoms with van der Waals surface area (Å²) in [5.74, 6) is 0.707. The van der Waals surface area contributed by atoms with Gasteiger partial charge in [0.05, 0.1) is 11.7 Å². The minimum atomic E-state index is -0.279. The minimum absolute atomic E-state index is 0.148. The van der Waals surface area contributed by atoms with Gasteiger partial charge < -0.3 is 4.90 Å². The van der Waals surface area contributed by atoms with E-state index in [0.29, 0.717) is 28.8 Å². The normalized spacial score (nSPS) is 15.9. The van der Waals surface area contributed by atoms with Gasteiger partial charge in [0.25, 0.3) is 0 Å². The Balaban J connectivity index is 1.93. The van der Waals surface area contributed by atoms with Crippen LogP contribution >= 0.6 is 23.2 Å². The summed E-state index contributed by atoms with van der Waals surface area (Å²) in [6, 6.07) is 12.6. The Morgan fingerprint density at radius 2 is 1.86 bits per heavy atom. The van der Waals surface area contributed by atoms with E-state index in [0.717, 1.165) is 16.9 Å². The molecule has 1 unspecified atom stereocenters. The van der Waals surface area contributed by atoms with Gasteiger partial charge >= 0.3 is 0 Å². The van der Waals surface area contributed by atoms with Crippen molar-refractivity contribution in [3.8, 4) is 0 Å². The fraction of sp³-hybridized carbons (Fsp3) is 0.200. The smallest absolute Gasteiger partial charge is 0.233 e. The van der Waals surface area contributed by atoms with Gasteiger partial charge in [0.1, 0.15) is 18.4 Å². The van der Waals surface area contributed by atoms with Crippen molar-refractivity contribution in [2.45, 2.75) is 25.8 Å². The molecule has 1 atom stereocenters. The maximum atomic E-state index is 12.4. The van der Waals surface area contributed by atoms with E-state index in [1.807, 2.05) is 48.2 Å². The van der Waals surface area contributed by atoms with E-state index >= 15 is 0 Å². The molecule has 0 radical (unpaired) electrons.